The molecule has 0 aromatic heterocycles. The number of nitrogens with zero attached hydrogens (tertiary/aromatic N) is 2. The van der Waals surface area contributed by atoms with Gasteiger partial charge in [-0.2, -0.15) is 0 Å². The Kier molecular flexibility index (Phi) is 5.80. The van der Waals surface area contributed by atoms with Gasteiger partial charge in [-0.1, -0.05) is 51.1 Å². The maximum absolute atomic E-state index is 9.38. The van der Waals surface area contributed by atoms with Crippen LogP contribution in [0, 0.1) is 5.41 Å². The minimum atomic E-state index is 0.277. The molecule has 0 amide bonds. The van der Waals surface area contributed by atoms with Crippen molar-refractivity contribution in [3.63, 3.8) is 0 Å². The monoisotopic (exact) mass is 290 g/mol. The number of hydrogen-bond acceptors (Lipinski definition) is 3. The van der Waals surface area contributed by atoms with Gasteiger partial charge < -0.3 is 5.11 Å². The van der Waals surface area contributed by atoms with Gasteiger partial charge in [-0.3, -0.25) is 9.80 Å². The Morgan fingerprint density at radius 1 is 1.14 bits per heavy atom. The zero-order valence-corrected chi connectivity index (χ0v) is 13.8. The Morgan fingerprint density at radius 3 is 2.48 bits per heavy atom. The molecule has 1 atom stereocenters. The summed E-state index contributed by atoms with van der Waals surface area (Å²) in [6, 6.07) is 11.1. The lowest BCUT2D eigenvalue weighted by molar-refractivity contribution is 0.0382. The van der Waals surface area contributed by atoms with Crippen molar-refractivity contribution in [1.29, 1.82) is 0 Å². The van der Waals surface area contributed by atoms with E-state index in [-0.39, 0.29) is 6.61 Å². The van der Waals surface area contributed by atoms with Crippen LogP contribution in [0.4, 0.5) is 0 Å². The fourth-order valence-electron chi connectivity index (χ4n) is 3.22. The van der Waals surface area contributed by atoms with E-state index in [0.717, 1.165) is 39.1 Å². The van der Waals surface area contributed by atoms with Gasteiger partial charge in [-0.25, -0.2) is 0 Å². The second-order valence-corrected chi connectivity index (χ2v) is 7.42. The summed E-state index contributed by atoms with van der Waals surface area (Å²) in [5.41, 5.74) is 1.70. The molecule has 1 aliphatic rings. The molecular weight excluding hydrogens is 260 g/mol. The van der Waals surface area contributed by atoms with Crippen molar-refractivity contribution < 1.29 is 5.11 Å². The van der Waals surface area contributed by atoms with Crippen LogP contribution in [-0.2, 0) is 6.54 Å². The number of rotatable bonds is 5. The summed E-state index contributed by atoms with van der Waals surface area (Å²) in [6.45, 7) is 12.6. The summed E-state index contributed by atoms with van der Waals surface area (Å²) in [6.07, 6.45) is 0.869. The van der Waals surface area contributed by atoms with E-state index in [1.54, 1.807) is 0 Å². The van der Waals surface area contributed by atoms with Gasteiger partial charge in [0, 0.05) is 45.4 Å². The van der Waals surface area contributed by atoms with Crippen molar-refractivity contribution in [3.05, 3.63) is 35.9 Å². The molecule has 3 heteroatoms. The fraction of sp³-hybridized carbons (Fsp3) is 0.667. The number of hydrogen-bond donors (Lipinski definition) is 1. The molecule has 2 rings (SSSR count). The van der Waals surface area contributed by atoms with Gasteiger partial charge >= 0.3 is 0 Å². The molecule has 1 heterocycles. The summed E-state index contributed by atoms with van der Waals surface area (Å²) in [4.78, 5) is 5.09. The van der Waals surface area contributed by atoms with Gasteiger partial charge in [0.15, 0.2) is 0 Å². The number of aliphatic hydroxyl groups is 1. The van der Waals surface area contributed by atoms with Crippen LogP contribution in [0.2, 0.25) is 0 Å². The van der Waals surface area contributed by atoms with Gasteiger partial charge in [0.1, 0.15) is 0 Å². The first kappa shape index (κ1) is 16.5. The Hall–Kier alpha value is -0.900. The Balaban J connectivity index is 1.96. The molecule has 3 nitrogen and oxygen atoms in total. The van der Waals surface area contributed by atoms with E-state index in [2.05, 4.69) is 60.9 Å². The molecule has 0 bridgehead atoms. The molecule has 0 radical (unpaired) electrons. The van der Waals surface area contributed by atoms with Crippen molar-refractivity contribution >= 4 is 0 Å². The van der Waals surface area contributed by atoms with Gasteiger partial charge in [0.25, 0.3) is 0 Å². The first-order valence-corrected chi connectivity index (χ1v) is 8.09. The molecule has 1 aliphatic heterocycles. The topological polar surface area (TPSA) is 26.7 Å². The predicted molar refractivity (Wildman–Crippen MR) is 88.2 cm³/mol. The molecule has 1 saturated heterocycles. The second-order valence-electron chi connectivity index (χ2n) is 7.42. The highest BCUT2D eigenvalue weighted by atomic mass is 16.3. The highest BCUT2D eigenvalue weighted by molar-refractivity contribution is 5.14. The zero-order valence-electron chi connectivity index (χ0n) is 13.8. The van der Waals surface area contributed by atoms with Gasteiger partial charge in [-0.15, -0.1) is 0 Å². The molecule has 1 fully saturated rings. The number of piperazine rings is 1. The molecule has 1 aromatic carbocycles. The normalized spacial score (nSPS) is 21.6. The number of benzene rings is 1. The molecule has 118 valence electrons. The lowest BCUT2D eigenvalue weighted by atomic mass is 9.95. The summed E-state index contributed by atoms with van der Waals surface area (Å²) < 4.78 is 0. The van der Waals surface area contributed by atoms with E-state index >= 15 is 0 Å². The standard InChI is InChI=1S/C18H30N2O/c1-18(2,3)15-19-10-11-20(17(14-19)9-12-21)13-16-7-5-4-6-8-16/h4-8,17,21H,9-15H2,1-3H3/t17-/m1/s1. The van der Waals surface area contributed by atoms with Crippen LogP contribution in [0.25, 0.3) is 0 Å². The molecule has 0 unspecified atom stereocenters. The van der Waals surface area contributed by atoms with E-state index < -0.39 is 0 Å². The average molecular weight is 290 g/mol. The van der Waals surface area contributed by atoms with Gasteiger partial charge in [0.2, 0.25) is 0 Å². The summed E-state index contributed by atoms with van der Waals surface area (Å²) in [5, 5.41) is 9.38. The van der Waals surface area contributed by atoms with Crippen LogP contribution in [-0.4, -0.2) is 53.7 Å². The summed E-state index contributed by atoms with van der Waals surface area (Å²) in [7, 11) is 0. The highest BCUT2D eigenvalue weighted by Crippen LogP contribution is 2.21. The van der Waals surface area contributed by atoms with E-state index in [1.807, 2.05) is 0 Å². The van der Waals surface area contributed by atoms with Crippen molar-refractivity contribution in [3.8, 4) is 0 Å². The largest absolute Gasteiger partial charge is 0.396 e. The van der Waals surface area contributed by atoms with Crippen LogP contribution < -0.4 is 0 Å². The van der Waals surface area contributed by atoms with Gasteiger partial charge in [0.05, 0.1) is 0 Å². The van der Waals surface area contributed by atoms with Crippen LogP contribution in [0.3, 0.4) is 0 Å². The molecule has 1 N–H and O–H groups in total. The Bertz CT molecular complexity index is 413. The van der Waals surface area contributed by atoms with E-state index in [9.17, 15) is 5.11 Å². The molecule has 0 aliphatic carbocycles. The fourth-order valence-corrected chi connectivity index (χ4v) is 3.22. The lowest BCUT2D eigenvalue weighted by Crippen LogP contribution is -2.54. The summed E-state index contributed by atoms with van der Waals surface area (Å²) in [5.74, 6) is 0. The van der Waals surface area contributed by atoms with Crippen LogP contribution >= 0.6 is 0 Å². The predicted octanol–water partition coefficient (Wildman–Crippen LogP) is 2.60. The molecule has 1 aromatic rings. The number of aliphatic hydroxyl groups excluding tert-OH is 1. The van der Waals surface area contributed by atoms with Crippen LogP contribution in [0.15, 0.2) is 30.3 Å². The highest BCUT2D eigenvalue weighted by Gasteiger charge is 2.28. The second kappa shape index (κ2) is 7.39. The maximum atomic E-state index is 9.38. The van der Waals surface area contributed by atoms with Gasteiger partial charge in [-0.05, 0) is 17.4 Å². The van der Waals surface area contributed by atoms with E-state index in [4.69, 9.17) is 0 Å². The van der Waals surface area contributed by atoms with Crippen LogP contribution in [0.5, 0.6) is 0 Å². The Morgan fingerprint density at radius 2 is 1.86 bits per heavy atom. The minimum Gasteiger partial charge on any atom is -0.396 e. The van der Waals surface area contributed by atoms with Crippen molar-refractivity contribution in [2.24, 2.45) is 5.41 Å². The van der Waals surface area contributed by atoms with Crippen LogP contribution in [0.1, 0.15) is 32.8 Å². The molecule has 0 saturated carbocycles. The quantitative estimate of drug-likeness (QED) is 0.903. The third kappa shape index (κ3) is 5.42. The Labute approximate surface area is 129 Å². The van der Waals surface area contributed by atoms with Crippen molar-refractivity contribution in [1.82, 2.24) is 9.80 Å². The maximum Gasteiger partial charge on any atom is 0.0446 e. The van der Waals surface area contributed by atoms with Crippen molar-refractivity contribution in [2.45, 2.75) is 39.8 Å². The zero-order chi connectivity index (χ0) is 15.3. The molecule has 21 heavy (non-hydrogen) atoms. The smallest absolute Gasteiger partial charge is 0.0446 e. The van der Waals surface area contributed by atoms with E-state index in [1.165, 1.54) is 5.56 Å². The molecular formula is C18H30N2O. The first-order valence-electron chi connectivity index (χ1n) is 8.09. The van der Waals surface area contributed by atoms with Crippen molar-refractivity contribution in [2.75, 3.05) is 32.8 Å². The summed E-state index contributed by atoms with van der Waals surface area (Å²) >= 11 is 0. The minimum absolute atomic E-state index is 0.277. The first-order chi connectivity index (χ1) is 9.98. The third-order valence-corrected chi connectivity index (χ3v) is 4.08. The average Bonchev–Trinajstić information content (AvgIpc) is 2.41. The van der Waals surface area contributed by atoms with E-state index in [0.29, 0.717) is 11.5 Å². The molecule has 0 spiro atoms. The lowest BCUT2D eigenvalue weighted by Gasteiger charge is -2.43. The third-order valence-electron chi connectivity index (χ3n) is 4.08. The SMILES string of the molecule is CC(C)(C)CN1CCN(Cc2ccccc2)[C@H](CCO)C1.